The summed E-state index contributed by atoms with van der Waals surface area (Å²) in [5, 5.41) is 7.74. The molecule has 0 saturated heterocycles. The molecule has 0 atom stereocenters. The number of ether oxygens (including phenoxy) is 2. The third-order valence-corrected chi connectivity index (χ3v) is 10.0. The fourth-order valence-corrected chi connectivity index (χ4v) is 7.43. The average molecular weight is 691 g/mol. The summed E-state index contributed by atoms with van der Waals surface area (Å²) in [6.45, 7) is 15.8. The van der Waals surface area contributed by atoms with Gasteiger partial charge in [-0.05, 0) is 117 Å². The molecule has 0 amide bonds. The molecule has 52 heavy (non-hydrogen) atoms. The Morgan fingerprint density at radius 3 is 2.13 bits per heavy atom. The van der Waals surface area contributed by atoms with E-state index < -0.39 is 0 Å². The van der Waals surface area contributed by atoms with Crippen LogP contribution >= 0.6 is 0 Å². The van der Waals surface area contributed by atoms with Crippen LogP contribution in [0, 0.1) is 32.6 Å². The Hall–Kier alpha value is -5.36. The Bertz CT molecular complexity index is 2360. The summed E-state index contributed by atoms with van der Waals surface area (Å²) < 4.78 is 16.7. The standard InChI is InChI=1S/C46H50N4O2/c1-29(2)16-20-40-46(45-32(6)12-11-13-33(45)7)42(21-17-30(3)4)50(48-40)34-24-31(5)25-37(26-34)52-36-18-19-39-38-14-9-10-15-41(38)49(43(39)27-36)44-28-35(51-8)22-23-47-44/h9-15,18-19,22-30H,16-17,20-21H2,1-8H3. The largest absolute Gasteiger partial charge is 0.497 e. The van der Waals surface area contributed by atoms with E-state index in [1.165, 1.54) is 33.6 Å². The molecule has 3 aromatic heterocycles. The fourth-order valence-electron chi connectivity index (χ4n) is 7.43. The van der Waals surface area contributed by atoms with Gasteiger partial charge in [0.25, 0.3) is 0 Å². The highest BCUT2D eigenvalue weighted by molar-refractivity contribution is 6.09. The lowest BCUT2D eigenvalue weighted by Gasteiger charge is -2.16. The van der Waals surface area contributed by atoms with Crippen LogP contribution in [0.3, 0.4) is 0 Å². The molecule has 0 spiro atoms. The Morgan fingerprint density at radius 2 is 1.38 bits per heavy atom. The first-order chi connectivity index (χ1) is 25.1. The molecule has 0 unspecified atom stereocenters. The van der Waals surface area contributed by atoms with Crippen molar-refractivity contribution in [1.82, 2.24) is 19.3 Å². The summed E-state index contributed by atoms with van der Waals surface area (Å²) in [5.74, 6) is 4.24. The maximum atomic E-state index is 6.74. The first-order valence-electron chi connectivity index (χ1n) is 18.6. The Kier molecular flexibility index (Phi) is 9.92. The van der Waals surface area contributed by atoms with Gasteiger partial charge < -0.3 is 9.47 Å². The number of rotatable bonds is 12. The zero-order valence-electron chi connectivity index (χ0n) is 31.8. The summed E-state index contributed by atoms with van der Waals surface area (Å²) in [6, 6.07) is 31.7. The van der Waals surface area contributed by atoms with E-state index in [1.807, 2.05) is 12.1 Å². The average Bonchev–Trinajstić information content (AvgIpc) is 3.64. The topological polar surface area (TPSA) is 54.1 Å². The summed E-state index contributed by atoms with van der Waals surface area (Å²) in [4.78, 5) is 4.73. The van der Waals surface area contributed by atoms with Crippen molar-refractivity contribution in [3.8, 4) is 39.9 Å². The first kappa shape index (κ1) is 35.1. The van der Waals surface area contributed by atoms with Gasteiger partial charge in [0.2, 0.25) is 0 Å². The molecule has 0 aliphatic heterocycles. The van der Waals surface area contributed by atoms with Gasteiger partial charge in [-0.3, -0.25) is 4.57 Å². The van der Waals surface area contributed by atoms with Crippen LogP contribution < -0.4 is 9.47 Å². The molecule has 0 radical (unpaired) electrons. The number of hydrogen-bond donors (Lipinski definition) is 0. The molecule has 0 fully saturated rings. The summed E-state index contributed by atoms with van der Waals surface area (Å²) in [5.41, 5.74) is 11.9. The van der Waals surface area contributed by atoms with E-state index in [9.17, 15) is 0 Å². The van der Waals surface area contributed by atoms with Gasteiger partial charge in [0, 0.05) is 40.7 Å². The number of nitrogens with zero attached hydrogens (tertiary/aromatic N) is 4. The smallest absolute Gasteiger partial charge is 0.141 e. The van der Waals surface area contributed by atoms with Crippen LogP contribution in [0.5, 0.6) is 17.2 Å². The maximum Gasteiger partial charge on any atom is 0.141 e. The van der Waals surface area contributed by atoms with Crippen molar-refractivity contribution in [3.63, 3.8) is 0 Å². The normalized spacial score (nSPS) is 11.7. The van der Waals surface area contributed by atoms with Gasteiger partial charge in [-0.25, -0.2) is 9.67 Å². The molecule has 266 valence electrons. The molecule has 7 aromatic rings. The summed E-state index contributed by atoms with van der Waals surface area (Å²) >= 11 is 0. The van der Waals surface area contributed by atoms with Gasteiger partial charge in [-0.2, -0.15) is 5.10 Å². The van der Waals surface area contributed by atoms with Crippen LogP contribution in [0.2, 0.25) is 0 Å². The third-order valence-electron chi connectivity index (χ3n) is 10.0. The first-order valence-corrected chi connectivity index (χ1v) is 18.6. The third kappa shape index (κ3) is 6.94. The predicted octanol–water partition coefficient (Wildman–Crippen LogP) is 11.9. The van der Waals surface area contributed by atoms with Crippen molar-refractivity contribution in [2.24, 2.45) is 11.8 Å². The number of para-hydroxylation sites is 1. The molecule has 0 N–H and O–H groups in total. The molecule has 0 bridgehead atoms. The molecule has 6 nitrogen and oxygen atoms in total. The van der Waals surface area contributed by atoms with Gasteiger partial charge in [0.05, 0.1) is 35.2 Å². The second kappa shape index (κ2) is 14.7. The van der Waals surface area contributed by atoms with E-state index >= 15 is 0 Å². The highest BCUT2D eigenvalue weighted by Crippen LogP contribution is 2.39. The highest BCUT2D eigenvalue weighted by Gasteiger charge is 2.24. The molecule has 0 aliphatic rings. The van der Waals surface area contributed by atoms with Crippen LogP contribution in [0.4, 0.5) is 0 Å². The number of methoxy groups -OCH3 is 1. The molecule has 4 aromatic carbocycles. The van der Waals surface area contributed by atoms with Crippen LogP contribution in [0.25, 0.3) is 44.4 Å². The quantitative estimate of drug-likeness (QED) is 0.128. The monoisotopic (exact) mass is 690 g/mol. The van der Waals surface area contributed by atoms with Gasteiger partial charge in [-0.15, -0.1) is 0 Å². The lowest BCUT2D eigenvalue weighted by Crippen LogP contribution is -2.06. The van der Waals surface area contributed by atoms with Crippen LogP contribution in [0.15, 0.2) is 97.2 Å². The van der Waals surface area contributed by atoms with E-state index in [-0.39, 0.29) is 0 Å². The number of benzene rings is 4. The van der Waals surface area contributed by atoms with E-state index in [0.29, 0.717) is 11.8 Å². The van der Waals surface area contributed by atoms with Crippen LogP contribution in [-0.2, 0) is 12.8 Å². The van der Waals surface area contributed by atoms with Crippen LogP contribution in [0.1, 0.15) is 68.6 Å². The predicted molar refractivity (Wildman–Crippen MR) is 215 cm³/mol. The van der Waals surface area contributed by atoms with Crippen molar-refractivity contribution in [2.75, 3.05) is 7.11 Å². The van der Waals surface area contributed by atoms with Crippen molar-refractivity contribution in [2.45, 2.75) is 74.1 Å². The number of pyridine rings is 1. The summed E-state index contributed by atoms with van der Waals surface area (Å²) in [7, 11) is 1.68. The fraction of sp³-hybridized carbons (Fsp3) is 0.304. The van der Waals surface area contributed by atoms with Gasteiger partial charge in [0.1, 0.15) is 23.1 Å². The van der Waals surface area contributed by atoms with E-state index in [1.54, 1.807) is 13.3 Å². The minimum absolute atomic E-state index is 0.572. The molecule has 0 saturated carbocycles. The number of aryl methyl sites for hydroxylation is 4. The lowest BCUT2D eigenvalue weighted by atomic mass is 9.90. The molecule has 6 heteroatoms. The summed E-state index contributed by atoms with van der Waals surface area (Å²) in [6.07, 6.45) is 5.84. The van der Waals surface area contributed by atoms with Crippen molar-refractivity contribution in [1.29, 1.82) is 0 Å². The molecular formula is C46H50N4O2. The minimum atomic E-state index is 0.572. The second-order valence-electron chi connectivity index (χ2n) is 15.0. The van der Waals surface area contributed by atoms with Crippen molar-refractivity contribution in [3.05, 3.63) is 125 Å². The van der Waals surface area contributed by atoms with E-state index in [0.717, 1.165) is 81.8 Å². The van der Waals surface area contributed by atoms with Gasteiger partial charge in [0.15, 0.2) is 0 Å². The minimum Gasteiger partial charge on any atom is -0.497 e. The van der Waals surface area contributed by atoms with E-state index in [4.69, 9.17) is 19.6 Å². The van der Waals surface area contributed by atoms with Crippen molar-refractivity contribution >= 4 is 21.8 Å². The second-order valence-corrected chi connectivity index (χ2v) is 15.0. The molecular weight excluding hydrogens is 641 g/mol. The molecule has 0 aliphatic carbocycles. The SMILES string of the molecule is COc1ccnc(-n2c3ccccc3c3ccc(Oc4cc(C)cc(-n5nc(CCC(C)C)c(-c6c(C)cccc6C)c5CCC(C)C)c4)cc32)c1. The van der Waals surface area contributed by atoms with E-state index in [2.05, 4.69) is 137 Å². The zero-order valence-corrected chi connectivity index (χ0v) is 31.8. The van der Waals surface area contributed by atoms with Crippen LogP contribution in [-0.4, -0.2) is 26.4 Å². The lowest BCUT2D eigenvalue weighted by molar-refractivity contribution is 0.414. The number of aromatic nitrogens is 4. The van der Waals surface area contributed by atoms with Crippen molar-refractivity contribution < 1.29 is 9.47 Å². The Balaban J connectivity index is 1.35. The van der Waals surface area contributed by atoms with Gasteiger partial charge in [-0.1, -0.05) is 64.1 Å². The Labute approximate surface area is 308 Å². The zero-order chi connectivity index (χ0) is 36.5. The highest BCUT2D eigenvalue weighted by atomic mass is 16.5. The van der Waals surface area contributed by atoms with Gasteiger partial charge >= 0.3 is 0 Å². The number of fused-ring (bicyclic) bond motifs is 3. The molecule has 3 heterocycles. The molecule has 7 rings (SSSR count). The number of hydrogen-bond acceptors (Lipinski definition) is 4. The maximum absolute atomic E-state index is 6.74. The Morgan fingerprint density at radius 1 is 0.654 bits per heavy atom.